The molecule has 0 aliphatic heterocycles. The number of rotatable bonds is 13. The second-order valence-corrected chi connectivity index (χ2v) is 9.64. The molecule has 0 fully saturated rings. The van der Waals surface area contributed by atoms with Gasteiger partial charge < -0.3 is 10.2 Å². The summed E-state index contributed by atoms with van der Waals surface area (Å²) in [7, 11) is -4.30. The van der Waals surface area contributed by atoms with Crippen molar-refractivity contribution in [1.29, 1.82) is 0 Å². The van der Waals surface area contributed by atoms with E-state index < -0.39 is 22.1 Å². The average molecular weight is 441 g/mol. The van der Waals surface area contributed by atoms with Gasteiger partial charge in [0.05, 0.1) is 4.90 Å². The molecule has 0 spiro atoms. The van der Waals surface area contributed by atoms with Crippen molar-refractivity contribution in [2.75, 3.05) is 0 Å². The Morgan fingerprint density at radius 1 is 0.800 bits per heavy atom. The van der Waals surface area contributed by atoms with Crippen LogP contribution in [0.15, 0.2) is 23.1 Å². The first-order valence-electron chi connectivity index (χ1n) is 10.7. The maximum atomic E-state index is 11.6. The summed E-state index contributed by atoms with van der Waals surface area (Å²) in [6.45, 7) is 0. The molecule has 0 saturated heterocycles. The molecule has 2 rings (SSSR count). The molecule has 1 aromatic rings. The van der Waals surface area contributed by atoms with E-state index in [1.165, 1.54) is 12.1 Å². The van der Waals surface area contributed by atoms with Gasteiger partial charge in [-0.15, -0.1) is 0 Å². The smallest absolute Gasteiger partial charge is 0.303 e. The Balaban J connectivity index is 1.96. The van der Waals surface area contributed by atoms with E-state index in [9.17, 15) is 22.6 Å². The fourth-order valence-corrected chi connectivity index (χ4v) is 4.94. The SMILES string of the molecule is O=C(O)CCCCCCCCC1CCC(CCC(=O)O)c2cc(S(=O)(=O)O)ccc21. The highest BCUT2D eigenvalue weighted by Crippen LogP contribution is 2.44. The summed E-state index contributed by atoms with van der Waals surface area (Å²) < 4.78 is 32.5. The number of fused-ring (bicyclic) bond motifs is 1. The average Bonchev–Trinajstić information content (AvgIpc) is 2.67. The van der Waals surface area contributed by atoms with Gasteiger partial charge in [-0.2, -0.15) is 8.42 Å². The van der Waals surface area contributed by atoms with E-state index in [2.05, 4.69) is 0 Å². The third-order valence-corrected chi connectivity index (χ3v) is 6.85. The first kappa shape index (κ1) is 24.3. The number of carbonyl (C=O) groups is 2. The Morgan fingerprint density at radius 2 is 1.37 bits per heavy atom. The minimum absolute atomic E-state index is 0.0108. The van der Waals surface area contributed by atoms with E-state index in [1.54, 1.807) is 6.07 Å². The highest BCUT2D eigenvalue weighted by molar-refractivity contribution is 7.85. The Bertz CT molecular complexity index is 832. The lowest BCUT2D eigenvalue weighted by molar-refractivity contribution is -0.138. The molecular weight excluding hydrogens is 408 g/mol. The zero-order valence-electron chi connectivity index (χ0n) is 17.3. The van der Waals surface area contributed by atoms with Crippen LogP contribution in [0.4, 0.5) is 0 Å². The summed E-state index contributed by atoms with van der Waals surface area (Å²) in [4.78, 5) is 21.4. The van der Waals surface area contributed by atoms with Crippen molar-refractivity contribution < 1.29 is 32.8 Å². The predicted octanol–water partition coefficient (Wildman–Crippen LogP) is 4.96. The van der Waals surface area contributed by atoms with Crippen molar-refractivity contribution in [2.45, 2.75) is 93.8 Å². The maximum absolute atomic E-state index is 11.6. The lowest BCUT2D eigenvalue weighted by atomic mass is 9.73. The molecular formula is C22H32O7S. The standard InChI is InChI=1S/C22H32O7S/c23-21(24)8-6-4-2-1-3-5-7-16-9-10-17(11-14-22(25)26)20-15-18(30(27,28)29)12-13-19(16)20/h12-13,15-17H,1-11,14H2,(H,23,24)(H,25,26)(H,27,28,29). The van der Waals surface area contributed by atoms with Gasteiger partial charge in [-0.05, 0) is 67.2 Å². The first-order valence-corrected chi connectivity index (χ1v) is 12.2. The van der Waals surface area contributed by atoms with E-state index in [1.807, 2.05) is 0 Å². The van der Waals surface area contributed by atoms with Gasteiger partial charge in [-0.3, -0.25) is 14.1 Å². The van der Waals surface area contributed by atoms with Crippen LogP contribution < -0.4 is 0 Å². The van der Waals surface area contributed by atoms with Crippen LogP contribution in [0.3, 0.4) is 0 Å². The van der Waals surface area contributed by atoms with Gasteiger partial charge in [0.25, 0.3) is 10.1 Å². The molecule has 0 saturated carbocycles. The second-order valence-electron chi connectivity index (χ2n) is 8.22. The van der Waals surface area contributed by atoms with Gasteiger partial charge in [0, 0.05) is 12.8 Å². The Hall–Kier alpha value is -1.93. The monoisotopic (exact) mass is 440 g/mol. The molecule has 1 aromatic carbocycles. The number of hydrogen-bond acceptors (Lipinski definition) is 4. The van der Waals surface area contributed by atoms with Crippen molar-refractivity contribution in [2.24, 2.45) is 0 Å². The minimum Gasteiger partial charge on any atom is -0.481 e. The van der Waals surface area contributed by atoms with Crippen molar-refractivity contribution >= 4 is 22.1 Å². The topological polar surface area (TPSA) is 129 Å². The van der Waals surface area contributed by atoms with Crippen LogP contribution in [-0.2, 0) is 19.7 Å². The van der Waals surface area contributed by atoms with E-state index in [4.69, 9.17) is 10.2 Å². The summed E-state index contributed by atoms with van der Waals surface area (Å²) >= 11 is 0. The minimum atomic E-state index is -4.30. The number of hydrogen-bond donors (Lipinski definition) is 3. The van der Waals surface area contributed by atoms with Crippen LogP contribution in [0.2, 0.25) is 0 Å². The quantitative estimate of drug-likeness (QED) is 0.292. The molecule has 0 heterocycles. The lowest BCUT2D eigenvalue weighted by Gasteiger charge is -2.32. The first-order chi connectivity index (χ1) is 14.2. The van der Waals surface area contributed by atoms with Crippen molar-refractivity contribution in [3.63, 3.8) is 0 Å². The van der Waals surface area contributed by atoms with E-state index in [0.717, 1.165) is 68.9 Å². The lowest BCUT2D eigenvalue weighted by Crippen LogP contribution is -2.17. The van der Waals surface area contributed by atoms with Crippen LogP contribution in [0, 0.1) is 0 Å². The zero-order valence-corrected chi connectivity index (χ0v) is 18.1. The number of carboxylic acid groups (broad SMARTS) is 2. The molecule has 0 amide bonds. The molecule has 2 atom stereocenters. The van der Waals surface area contributed by atoms with Gasteiger partial charge in [-0.25, -0.2) is 0 Å². The third-order valence-electron chi connectivity index (χ3n) is 6.00. The summed E-state index contributed by atoms with van der Waals surface area (Å²) in [6.07, 6.45) is 9.34. The molecule has 0 bridgehead atoms. The Labute approximate surface area is 178 Å². The maximum Gasteiger partial charge on any atom is 0.303 e. The van der Waals surface area contributed by atoms with Crippen LogP contribution in [0.1, 0.15) is 100 Å². The molecule has 7 nitrogen and oxygen atoms in total. The highest BCUT2D eigenvalue weighted by Gasteiger charge is 2.28. The molecule has 8 heteroatoms. The number of benzene rings is 1. The van der Waals surface area contributed by atoms with E-state index in [-0.39, 0.29) is 23.7 Å². The van der Waals surface area contributed by atoms with Crippen molar-refractivity contribution in [1.82, 2.24) is 0 Å². The van der Waals surface area contributed by atoms with E-state index >= 15 is 0 Å². The fourth-order valence-electron chi connectivity index (χ4n) is 4.42. The van der Waals surface area contributed by atoms with E-state index in [0.29, 0.717) is 12.3 Å². The molecule has 2 unspecified atom stereocenters. The Kier molecular flexibility index (Phi) is 9.30. The predicted molar refractivity (Wildman–Crippen MR) is 112 cm³/mol. The summed E-state index contributed by atoms with van der Waals surface area (Å²) in [5.74, 6) is -1.32. The normalized spacial score (nSPS) is 18.7. The summed E-state index contributed by atoms with van der Waals surface area (Å²) in [5.41, 5.74) is 1.93. The molecule has 1 aliphatic rings. The second kappa shape index (κ2) is 11.5. The largest absolute Gasteiger partial charge is 0.481 e. The molecule has 1 aliphatic carbocycles. The third kappa shape index (κ3) is 7.72. The zero-order chi connectivity index (χ0) is 22.1. The molecule has 0 aromatic heterocycles. The van der Waals surface area contributed by atoms with Crippen LogP contribution in [-0.4, -0.2) is 35.1 Å². The van der Waals surface area contributed by atoms with Crippen LogP contribution >= 0.6 is 0 Å². The van der Waals surface area contributed by atoms with Gasteiger partial charge >= 0.3 is 11.9 Å². The van der Waals surface area contributed by atoms with Gasteiger partial charge in [0.1, 0.15) is 0 Å². The molecule has 30 heavy (non-hydrogen) atoms. The molecule has 3 N–H and O–H groups in total. The van der Waals surface area contributed by atoms with Crippen LogP contribution in [0.25, 0.3) is 0 Å². The van der Waals surface area contributed by atoms with Gasteiger partial charge in [0.15, 0.2) is 0 Å². The van der Waals surface area contributed by atoms with Gasteiger partial charge in [0.2, 0.25) is 0 Å². The van der Waals surface area contributed by atoms with Crippen LogP contribution in [0.5, 0.6) is 0 Å². The number of unbranched alkanes of at least 4 members (excludes halogenated alkanes) is 5. The summed E-state index contributed by atoms with van der Waals surface area (Å²) in [5, 5.41) is 17.7. The Morgan fingerprint density at radius 3 is 1.97 bits per heavy atom. The molecule has 0 radical (unpaired) electrons. The highest BCUT2D eigenvalue weighted by atomic mass is 32.2. The van der Waals surface area contributed by atoms with Crippen molar-refractivity contribution in [3.05, 3.63) is 29.3 Å². The van der Waals surface area contributed by atoms with Gasteiger partial charge in [-0.1, -0.05) is 38.2 Å². The number of aliphatic carboxylic acids is 2. The fraction of sp³-hybridized carbons (Fsp3) is 0.636. The van der Waals surface area contributed by atoms with Crippen molar-refractivity contribution in [3.8, 4) is 0 Å². The summed E-state index contributed by atoms with van der Waals surface area (Å²) in [6, 6.07) is 4.73. The molecule has 168 valence electrons. The number of carboxylic acids is 2.